The van der Waals surface area contributed by atoms with E-state index in [1.807, 2.05) is 13.8 Å². The minimum absolute atomic E-state index is 0.0760. The van der Waals surface area contributed by atoms with E-state index in [0.29, 0.717) is 22.7 Å². The minimum atomic E-state index is -0.440. The quantitative estimate of drug-likeness (QED) is 0.746. The van der Waals surface area contributed by atoms with Gasteiger partial charge in [-0.15, -0.1) is 11.3 Å². The topological polar surface area (TPSA) is 58.6 Å². The largest absolute Gasteiger partial charge is 0.462 e. The molecule has 26 heavy (non-hydrogen) atoms. The third-order valence-corrected chi connectivity index (χ3v) is 5.05. The van der Waals surface area contributed by atoms with Crippen LogP contribution in [0.4, 0.5) is 9.39 Å². The summed E-state index contributed by atoms with van der Waals surface area (Å²) in [5.74, 6) is -1.01. The Labute approximate surface area is 156 Å². The smallest absolute Gasteiger partial charge is 0.341 e. The molecule has 0 spiro atoms. The van der Waals surface area contributed by atoms with Crippen molar-refractivity contribution in [3.8, 4) is 0 Å². The molecule has 0 saturated heterocycles. The number of thiophene rings is 1. The molecule has 2 aromatic rings. The van der Waals surface area contributed by atoms with E-state index in [1.54, 1.807) is 37.1 Å². The number of hydrogen-bond donors (Lipinski definition) is 1. The number of esters is 1. The summed E-state index contributed by atoms with van der Waals surface area (Å²) in [4.78, 5) is 27.2. The summed E-state index contributed by atoms with van der Waals surface area (Å²) in [7, 11) is 1.74. The second-order valence-corrected chi connectivity index (χ2v) is 7.24. The Morgan fingerprint density at radius 3 is 2.62 bits per heavy atom. The molecule has 0 aliphatic heterocycles. The van der Waals surface area contributed by atoms with Gasteiger partial charge in [-0.3, -0.25) is 9.69 Å². The zero-order valence-corrected chi connectivity index (χ0v) is 16.2. The van der Waals surface area contributed by atoms with Gasteiger partial charge in [-0.1, -0.05) is 18.2 Å². The van der Waals surface area contributed by atoms with Crippen LogP contribution in [0.5, 0.6) is 0 Å². The maximum atomic E-state index is 13.7. The highest BCUT2D eigenvalue weighted by Gasteiger charge is 2.22. The van der Waals surface area contributed by atoms with Crippen LogP contribution in [0.25, 0.3) is 0 Å². The molecule has 0 fully saturated rings. The Morgan fingerprint density at radius 2 is 1.96 bits per heavy atom. The molecule has 0 atom stereocenters. The molecule has 0 saturated carbocycles. The minimum Gasteiger partial charge on any atom is -0.462 e. The summed E-state index contributed by atoms with van der Waals surface area (Å²) in [5, 5.41) is 3.27. The number of amides is 1. The van der Waals surface area contributed by atoms with Gasteiger partial charge in [-0.05, 0) is 39.4 Å². The van der Waals surface area contributed by atoms with Crippen molar-refractivity contribution in [3.05, 3.63) is 51.7 Å². The molecule has 0 bridgehead atoms. The van der Waals surface area contributed by atoms with E-state index in [9.17, 15) is 14.0 Å². The second-order valence-electron chi connectivity index (χ2n) is 6.02. The molecule has 1 aromatic carbocycles. The highest BCUT2D eigenvalue weighted by Crippen LogP contribution is 2.33. The van der Waals surface area contributed by atoms with Crippen molar-refractivity contribution in [1.82, 2.24) is 4.90 Å². The van der Waals surface area contributed by atoms with Crippen molar-refractivity contribution in [2.75, 3.05) is 25.5 Å². The number of benzene rings is 1. The molecule has 1 aromatic heterocycles. The van der Waals surface area contributed by atoms with Gasteiger partial charge in [-0.2, -0.15) is 0 Å². The van der Waals surface area contributed by atoms with Gasteiger partial charge < -0.3 is 10.1 Å². The van der Waals surface area contributed by atoms with E-state index in [1.165, 1.54) is 17.4 Å². The summed E-state index contributed by atoms with van der Waals surface area (Å²) in [5.41, 5.74) is 1.74. The number of nitrogens with zero attached hydrogens (tertiary/aromatic N) is 1. The van der Waals surface area contributed by atoms with E-state index < -0.39 is 5.97 Å². The fraction of sp³-hybridized carbons (Fsp3) is 0.368. The average Bonchev–Trinajstić information content (AvgIpc) is 2.83. The SMILES string of the molecule is CCOC(=O)c1c(NC(=O)CN(C)Cc2ccccc2F)sc(C)c1C. The van der Waals surface area contributed by atoms with Gasteiger partial charge in [0.2, 0.25) is 5.91 Å². The molecule has 1 N–H and O–H groups in total. The van der Waals surface area contributed by atoms with Crippen molar-refractivity contribution in [3.63, 3.8) is 0 Å². The van der Waals surface area contributed by atoms with Crippen molar-refractivity contribution in [2.24, 2.45) is 0 Å². The number of likely N-dealkylation sites (N-methyl/N-ethyl adjacent to an activating group) is 1. The van der Waals surface area contributed by atoms with Crippen LogP contribution >= 0.6 is 11.3 Å². The highest BCUT2D eigenvalue weighted by molar-refractivity contribution is 7.16. The normalized spacial score (nSPS) is 10.8. The number of rotatable bonds is 7. The molecule has 2 rings (SSSR count). The van der Waals surface area contributed by atoms with E-state index in [2.05, 4.69) is 5.32 Å². The number of hydrogen-bond acceptors (Lipinski definition) is 5. The van der Waals surface area contributed by atoms with Crippen molar-refractivity contribution < 1.29 is 18.7 Å². The van der Waals surface area contributed by atoms with E-state index in [-0.39, 0.29) is 24.9 Å². The van der Waals surface area contributed by atoms with Crippen molar-refractivity contribution >= 4 is 28.2 Å². The lowest BCUT2D eigenvalue weighted by Gasteiger charge is -2.16. The molecule has 0 aliphatic carbocycles. The number of carbonyl (C=O) groups is 2. The van der Waals surface area contributed by atoms with Gasteiger partial charge in [0.15, 0.2) is 0 Å². The Kier molecular flexibility index (Phi) is 6.88. The van der Waals surface area contributed by atoms with Crippen LogP contribution in [0, 0.1) is 19.7 Å². The predicted molar refractivity (Wildman–Crippen MR) is 101 cm³/mol. The lowest BCUT2D eigenvalue weighted by Crippen LogP contribution is -2.30. The van der Waals surface area contributed by atoms with E-state index in [4.69, 9.17) is 4.74 Å². The lowest BCUT2D eigenvalue weighted by molar-refractivity contribution is -0.117. The van der Waals surface area contributed by atoms with Crippen LogP contribution in [0.15, 0.2) is 24.3 Å². The number of anilines is 1. The third kappa shape index (κ3) is 4.89. The van der Waals surface area contributed by atoms with Gasteiger partial charge >= 0.3 is 5.97 Å². The molecule has 0 radical (unpaired) electrons. The van der Waals surface area contributed by atoms with Gasteiger partial charge in [0.05, 0.1) is 18.7 Å². The maximum Gasteiger partial charge on any atom is 0.341 e. The van der Waals surface area contributed by atoms with Gasteiger partial charge in [0.25, 0.3) is 0 Å². The fourth-order valence-corrected chi connectivity index (χ4v) is 3.61. The third-order valence-electron chi connectivity index (χ3n) is 3.93. The standard InChI is InChI=1S/C19H23FN2O3S/c1-5-25-19(24)17-12(2)13(3)26-18(17)21-16(23)11-22(4)10-14-8-6-7-9-15(14)20/h6-9H,5,10-11H2,1-4H3,(H,21,23). The molecule has 0 unspecified atom stereocenters. The number of carbonyl (C=O) groups excluding carboxylic acids is 2. The first-order chi connectivity index (χ1) is 12.3. The van der Waals surface area contributed by atoms with Gasteiger partial charge in [0, 0.05) is 17.0 Å². The molecule has 1 heterocycles. The summed E-state index contributed by atoms with van der Waals surface area (Å²) in [6.45, 7) is 6.12. The predicted octanol–water partition coefficient (Wildman–Crippen LogP) is 3.75. The van der Waals surface area contributed by atoms with Crippen LogP contribution in [0.1, 0.15) is 33.3 Å². The zero-order valence-electron chi connectivity index (χ0n) is 15.4. The van der Waals surface area contributed by atoms with Crippen LogP contribution in [0.2, 0.25) is 0 Å². The summed E-state index contributed by atoms with van der Waals surface area (Å²) in [6.07, 6.45) is 0. The molecular formula is C19H23FN2O3S. The van der Waals surface area contributed by atoms with Crippen molar-refractivity contribution in [2.45, 2.75) is 27.3 Å². The van der Waals surface area contributed by atoms with Crippen LogP contribution in [-0.2, 0) is 16.1 Å². The van der Waals surface area contributed by atoms with E-state index >= 15 is 0 Å². The maximum absolute atomic E-state index is 13.7. The first-order valence-corrected chi connectivity index (χ1v) is 9.14. The summed E-state index contributed by atoms with van der Waals surface area (Å²) >= 11 is 1.35. The average molecular weight is 378 g/mol. The van der Waals surface area contributed by atoms with Gasteiger partial charge in [0.1, 0.15) is 10.8 Å². The molecule has 5 nitrogen and oxygen atoms in total. The Hall–Kier alpha value is -2.25. The lowest BCUT2D eigenvalue weighted by atomic mass is 10.1. The first kappa shape index (κ1) is 20.1. The highest BCUT2D eigenvalue weighted by atomic mass is 32.1. The molecular weight excluding hydrogens is 355 g/mol. The Morgan fingerprint density at radius 1 is 1.27 bits per heavy atom. The van der Waals surface area contributed by atoms with Gasteiger partial charge in [-0.25, -0.2) is 9.18 Å². The Balaban J connectivity index is 2.05. The number of aryl methyl sites for hydroxylation is 1. The molecule has 7 heteroatoms. The number of halogens is 1. The van der Waals surface area contributed by atoms with E-state index in [0.717, 1.165) is 10.4 Å². The van der Waals surface area contributed by atoms with Crippen LogP contribution in [0.3, 0.4) is 0 Å². The molecule has 140 valence electrons. The molecule has 0 aliphatic rings. The zero-order chi connectivity index (χ0) is 19.3. The number of ether oxygens (including phenoxy) is 1. The molecule has 1 amide bonds. The first-order valence-electron chi connectivity index (χ1n) is 8.32. The monoisotopic (exact) mass is 378 g/mol. The fourth-order valence-electron chi connectivity index (χ4n) is 2.55. The summed E-state index contributed by atoms with van der Waals surface area (Å²) in [6, 6.07) is 6.47. The summed E-state index contributed by atoms with van der Waals surface area (Å²) < 4.78 is 18.8. The number of nitrogens with one attached hydrogen (secondary N) is 1. The Bertz CT molecular complexity index is 804. The van der Waals surface area contributed by atoms with Crippen molar-refractivity contribution in [1.29, 1.82) is 0 Å². The van der Waals surface area contributed by atoms with Crippen LogP contribution < -0.4 is 5.32 Å². The van der Waals surface area contributed by atoms with Crippen LogP contribution in [-0.4, -0.2) is 37.0 Å². The second kappa shape index (κ2) is 8.91.